The van der Waals surface area contributed by atoms with Gasteiger partial charge in [-0.2, -0.15) is 0 Å². The molecule has 2 fully saturated rings. The van der Waals surface area contributed by atoms with Gasteiger partial charge in [-0.05, 0) is 56.7 Å². The molecule has 25 heavy (non-hydrogen) atoms. The summed E-state index contributed by atoms with van der Waals surface area (Å²) in [6.45, 7) is 5.14. The molecule has 5 nitrogen and oxygen atoms in total. The zero-order valence-corrected chi connectivity index (χ0v) is 14.7. The van der Waals surface area contributed by atoms with Gasteiger partial charge >= 0.3 is 0 Å². The van der Waals surface area contributed by atoms with Crippen LogP contribution in [0.15, 0.2) is 22.7 Å². The van der Waals surface area contributed by atoms with E-state index in [0.717, 1.165) is 43.3 Å². The molecule has 2 N–H and O–H groups in total. The van der Waals surface area contributed by atoms with Crippen LogP contribution in [0.1, 0.15) is 32.1 Å². The number of halogens is 1. The molecule has 2 aliphatic rings. The predicted octanol–water partition coefficient (Wildman–Crippen LogP) is 3.00. The fourth-order valence-corrected chi connectivity index (χ4v) is 4.15. The monoisotopic (exact) mass is 346 g/mol. The van der Waals surface area contributed by atoms with E-state index in [1.54, 1.807) is 6.07 Å². The Labute approximate surface area is 147 Å². The second-order valence-electron chi connectivity index (χ2n) is 7.54. The summed E-state index contributed by atoms with van der Waals surface area (Å²) in [6.07, 6.45) is 6.26. The maximum atomic E-state index is 13.3. The first kappa shape index (κ1) is 16.8. The molecule has 1 saturated carbocycles. The van der Waals surface area contributed by atoms with Crippen LogP contribution in [0, 0.1) is 11.7 Å². The van der Waals surface area contributed by atoms with Crippen molar-refractivity contribution in [3.63, 3.8) is 0 Å². The molecule has 0 bridgehead atoms. The molecule has 0 spiro atoms. The van der Waals surface area contributed by atoms with Gasteiger partial charge in [0.25, 0.3) is 0 Å². The van der Waals surface area contributed by atoms with Crippen molar-refractivity contribution in [2.24, 2.45) is 11.7 Å². The Bertz CT molecular complexity index is 703. The lowest BCUT2D eigenvalue weighted by atomic mass is 9.84. The van der Waals surface area contributed by atoms with Crippen molar-refractivity contribution in [2.75, 3.05) is 37.6 Å². The van der Waals surface area contributed by atoms with Gasteiger partial charge in [0.1, 0.15) is 5.82 Å². The highest BCUT2D eigenvalue weighted by Gasteiger charge is 2.23. The largest absolute Gasteiger partial charge is 0.354 e. The maximum Gasteiger partial charge on any atom is 0.180 e. The van der Waals surface area contributed by atoms with E-state index < -0.39 is 0 Å². The molecule has 0 radical (unpaired) electrons. The second-order valence-corrected chi connectivity index (χ2v) is 7.54. The summed E-state index contributed by atoms with van der Waals surface area (Å²) in [6, 6.07) is 5.06. The lowest BCUT2D eigenvalue weighted by Crippen LogP contribution is -2.47. The molecule has 0 amide bonds. The normalized spacial score (nSPS) is 25.6. The molecular formula is C19H27FN4O. The third kappa shape index (κ3) is 3.80. The van der Waals surface area contributed by atoms with Crippen LogP contribution < -0.4 is 10.6 Å². The first-order valence-corrected chi connectivity index (χ1v) is 9.47. The molecule has 2 heterocycles. The molecule has 136 valence electrons. The zero-order chi connectivity index (χ0) is 17.2. The maximum absolute atomic E-state index is 13.3. The van der Waals surface area contributed by atoms with Crippen molar-refractivity contribution < 1.29 is 8.91 Å². The first-order chi connectivity index (χ1) is 12.2. The highest BCUT2D eigenvalue weighted by molar-refractivity contribution is 5.88. The standard InChI is InChI=1S/C19H27FN4O/c20-15-3-6-17-18(13-15)25-22-19(17)24-11-9-23(10-12-24)8-7-14-1-4-16(21)5-2-14/h3,6,13-14,16H,1-2,4-5,7-12,21H2. The summed E-state index contributed by atoms with van der Waals surface area (Å²) in [5.74, 6) is 1.41. The van der Waals surface area contributed by atoms with E-state index in [0.29, 0.717) is 11.6 Å². The fraction of sp³-hybridized carbons (Fsp3) is 0.632. The van der Waals surface area contributed by atoms with E-state index in [1.165, 1.54) is 50.8 Å². The lowest BCUT2D eigenvalue weighted by Gasteiger charge is -2.36. The van der Waals surface area contributed by atoms with Crippen LogP contribution in [0.4, 0.5) is 10.2 Å². The number of piperazine rings is 1. The number of nitrogens with two attached hydrogens (primary N) is 1. The van der Waals surface area contributed by atoms with E-state index in [4.69, 9.17) is 10.3 Å². The number of benzene rings is 1. The Hall–Kier alpha value is -1.66. The van der Waals surface area contributed by atoms with Crippen LogP contribution in [0.2, 0.25) is 0 Å². The molecule has 0 unspecified atom stereocenters. The van der Waals surface area contributed by atoms with Gasteiger partial charge in [0.05, 0.1) is 5.39 Å². The molecule has 0 atom stereocenters. The second kappa shape index (κ2) is 7.30. The van der Waals surface area contributed by atoms with Crippen molar-refractivity contribution in [3.05, 3.63) is 24.0 Å². The van der Waals surface area contributed by atoms with E-state index in [-0.39, 0.29) is 5.82 Å². The van der Waals surface area contributed by atoms with Gasteiger partial charge in [-0.15, -0.1) is 0 Å². The van der Waals surface area contributed by atoms with Crippen molar-refractivity contribution in [2.45, 2.75) is 38.1 Å². The van der Waals surface area contributed by atoms with Crippen molar-refractivity contribution >= 4 is 16.8 Å². The van der Waals surface area contributed by atoms with Gasteiger partial charge in [0, 0.05) is 38.3 Å². The van der Waals surface area contributed by atoms with Gasteiger partial charge in [-0.1, -0.05) is 5.16 Å². The van der Waals surface area contributed by atoms with E-state index in [9.17, 15) is 4.39 Å². The molecular weight excluding hydrogens is 319 g/mol. The Morgan fingerprint density at radius 3 is 2.64 bits per heavy atom. The lowest BCUT2D eigenvalue weighted by molar-refractivity contribution is 0.216. The SMILES string of the molecule is NC1CCC(CCN2CCN(c3noc4cc(F)ccc34)CC2)CC1. The summed E-state index contributed by atoms with van der Waals surface area (Å²) in [7, 11) is 0. The Morgan fingerprint density at radius 1 is 1.12 bits per heavy atom. The van der Waals surface area contributed by atoms with Crippen LogP contribution in [0.5, 0.6) is 0 Å². The minimum absolute atomic E-state index is 0.288. The molecule has 6 heteroatoms. The quantitative estimate of drug-likeness (QED) is 0.922. The highest BCUT2D eigenvalue weighted by Crippen LogP contribution is 2.28. The van der Waals surface area contributed by atoms with Crippen LogP contribution in [-0.2, 0) is 0 Å². The molecule has 2 aromatic rings. The van der Waals surface area contributed by atoms with Crippen LogP contribution in [-0.4, -0.2) is 48.8 Å². The van der Waals surface area contributed by atoms with Gasteiger partial charge in [-0.25, -0.2) is 4.39 Å². The average molecular weight is 346 g/mol. The minimum atomic E-state index is -0.288. The van der Waals surface area contributed by atoms with E-state index in [1.807, 2.05) is 0 Å². The number of nitrogens with zero attached hydrogens (tertiary/aromatic N) is 3. The number of hydrogen-bond acceptors (Lipinski definition) is 5. The number of aromatic nitrogens is 1. The Morgan fingerprint density at radius 2 is 1.88 bits per heavy atom. The Balaban J connectivity index is 1.29. The van der Waals surface area contributed by atoms with Crippen molar-refractivity contribution in [1.82, 2.24) is 10.1 Å². The van der Waals surface area contributed by atoms with Gasteiger partial charge < -0.3 is 15.2 Å². The molecule has 1 aliphatic carbocycles. The summed E-state index contributed by atoms with van der Waals surface area (Å²) in [5, 5.41) is 5.06. The molecule has 4 rings (SSSR count). The predicted molar refractivity (Wildman–Crippen MR) is 97.2 cm³/mol. The van der Waals surface area contributed by atoms with E-state index >= 15 is 0 Å². The third-order valence-electron chi connectivity index (χ3n) is 5.83. The van der Waals surface area contributed by atoms with Gasteiger partial charge in [0.2, 0.25) is 0 Å². The van der Waals surface area contributed by atoms with Crippen LogP contribution >= 0.6 is 0 Å². The molecule has 1 aliphatic heterocycles. The first-order valence-electron chi connectivity index (χ1n) is 9.47. The highest BCUT2D eigenvalue weighted by atomic mass is 19.1. The van der Waals surface area contributed by atoms with Crippen molar-refractivity contribution in [1.29, 1.82) is 0 Å². The summed E-state index contributed by atoms with van der Waals surface area (Å²) < 4.78 is 18.6. The molecule has 1 saturated heterocycles. The number of hydrogen-bond donors (Lipinski definition) is 1. The summed E-state index contributed by atoms with van der Waals surface area (Å²) >= 11 is 0. The third-order valence-corrected chi connectivity index (χ3v) is 5.83. The van der Waals surface area contributed by atoms with Gasteiger partial charge in [-0.3, -0.25) is 4.90 Å². The molecule has 1 aromatic carbocycles. The average Bonchev–Trinajstić information content (AvgIpc) is 3.04. The topological polar surface area (TPSA) is 58.5 Å². The summed E-state index contributed by atoms with van der Waals surface area (Å²) in [4.78, 5) is 4.80. The Kier molecular flexibility index (Phi) is 4.90. The molecule has 1 aromatic heterocycles. The number of anilines is 1. The van der Waals surface area contributed by atoms with Crippen LogP contribution in [0.3, 0.4) is 0 Å². The van der Waals surface area contributed by atoms with Crippen molar-refractivity contribution in [3.8, 4) is 0 Å². The summed E-state index contributed by atoms with van der Waals surface area (Å²) in [5.41, 5.74) is 6.52. The number of rotatable bonds is 4. The number of fused-ring (bicyclic) bond motifs is 1. The minimum Gasteiger partial charge on any atom is -0.354 e. The zero-order valence-electron chi connectivity index (χ0n) is 14.7. The van der Waals surface area contributed by atoms with E-state index in [2.05, 4.69) is 15.0 Å². The van der Waals surface area contributed by atoms with Crippen LogP contribution in [0.25, 0.3) is 11.0 Å². The van der Waals surface area contributed by atoms with Gasteiger partial charge in [0.15, 0.2) is 11.4 Å². The smallest absolute Gasteiger partial charge is 0.180 e. The fourth-order valence-electron chi connectivity index (χ4n) is 4.15.